The molecule has 0 aliphatic carbocycles. The van der Waals surface area contributed by atoms with Gasteiger partial charge in [-0.05, 0) is 19.1 Å². The number of rotatable bonds is 4. The van der Waals surface area contributed by atoms with Gasteiger partial charge in [0.05, 0.1) is 25.8 Å². The van der Waals surface area contributed by atoms with Gasteiger partial charge in [0.2, 0.25) is 0 Å². The molecule has 1 fully saturated rings. The minimum Gasteiger partial charge on any atom is -0.465 e. The number of guanidine groups is 1. The summed E-state index contributed by atoms with van der Waals surface area (Å²) in [6.45, 7) is 6.04. The van der Waals surface area contributed by atoms with Gasteiger partial charge >= 0.3 is 0 Å². The average Bonchev–Trinajstić information content (AvgIpc) is 2.90. The van der Waals surface area contributed by atoms with Gasteiger partial charge < -0.3 is 19.0 Å². The van der Waals surface area contributed by atoms with Crippen LogP contribution in [0.3, 0.4) is 0 Å². The van der Waals surface area contributed by atoms with Crippen molar-refractivity contribution in [3.63, 3.8) is 0 Å². The van der Waals surface area contributed by atoms with Gasteiger partial charge in [0, 0.05) is 41.3 Å². The molecule has 22 heavy (non-hydrogen) atoms. The van der Waals surface area contributed by atoms with Gasteiger partial charge in [-0.2, -0.15) is 0 Å². The van der Waals surface area contributed by atoms with E-state index < -0.39 is 0 Å². The smallest absolute Gasteiger partial charge is 0.195 e. The van der Waals surface area contributed by atoms with Gasteiger partial charge in [0.25, 0.3) is 0 Å². The summed E-state index contributed by atoms with van der Waals surface area (Å²) in [4.78, 5) is 11.3. The Morgan fingerprint density at radius 3 is 2.32 bits per heavy atom. The van der Waals surface area contributed by atoms with Crippen molar-refractivity contribution in [1.29, 1.82) is 0 Å². The second kappa shape index (κ2) is 7.65. The Morgan fingerprint density at radius 1 is 1.18 bits per heavy atom. The standard InChI is InChI=1S/C16H28N4O2/c1-13-6-7-15(22-13)14(20-8-10-21-11-9-20)12-17-16(18(2)3)19(4)5/h6-7,14H,8-12H2,1-5H3. The fourth-order valence-corrected chi connectivity index (χ4v) is 2.76. The van der Waals surface area contributed by atoms with Crippen molar-refractivity contribution in [3.05, 3.63) is 23.7 Å². The molecule has 0 bridgehead atoms. The third-order valence-corrected chi connectivity index (χ3v) is 3.78. The van der Waals surface area contributed by atoms with Crippen LogP contribution in [0.2, 0.25) is 0 Å². The Morgan fingerprint density at radius 2 is 1.82 bits per heavy atom. The third kappa shape index (κ3) is 4.24. The van der Waals surface area contributed by atoms with Crippen molar-refractivity contribution in [2.45, 2.75) is 13.0 Å². The first-order valence-corrected chi connectivity index (χ1v) is 7.76. The molecule has 0 saturated carbocycles. The molecule has 1 aliphatic rings. The predicted octanol–water partition coefficient (Wildman–Crippen LogP) is 1.44. The van der Waals surface area contributed by atoms with Crippen molar-refractivity contribution in [2.75, 3.05) is 61.0 Å². The molecular weight excluding hydrogens is 280 g/mol. The largest absolute Gasteiger partial charge is 0.465 e. The summed E-state index contributed by atoms with van der Waals surface area (Å²) in [5, 5.41) is 0. The van der Waals surface area contributed by atoms with Gasteiger partial charge in [-0.25, -0.2) is 0 Å². The third-order valence-electron chi connectivity index (χ3n) is 3.78. The molecule has 0 aromatic carbocycles. The van der Waals surface area contributed by atoms with Gasteiger partial charge in [0.1, 0.15) is 11.5 Å². The highest BCUT2D eigenvalue weighted by atomic mass is 16.5. The maximum atomic E-state index is 5.87. The zero-order valence-corrected chi connectivity index (χ0v) is 14.4. The van der Waals surface area contributed by atoms with Crippen LogP contribution in [0.1, 0.15) is 17.6 Å². The van der Waals surface area contributed by atoms with Gasteiger partial charge in [-0.1, -0.05) is 0 Å². The predicted molar refractivity (Wildman–Crippen MR) is 88.3 cm³/mol. The summed E-state index contributed by atoms with van der Waals surface area (Å²) in [5.74, 6) is 2.89. The van der Waals surface area contributed by atoms with E-state index in [1.165, 1.54) is 0 Å². The lowest BCUT2D eigenvalue weighted by molar-refractivity contribution is 0.0134. The van der Waals surface area contributed by atoms with Crippen LogP contribution in [0, 0.1) is 6.92 Å². The van der Waals surface area contributed by atoms with Crippen molar-refractivity contribution in [3.8, 4) is 0 Å². The molecule has 1 atom stereocenters. The van der Waals surface area contributed by atoms with Gasteiger partial charge in [0.15, 0.2) is 5.96 Å². The Hall–Kier alpha value is -1.53. The molecule has 1 unspecified atom stereocenters. The highest BCUT2D eigenvalue weighted by Crippen LogP contribution is 2.24. The summed E-state index contributed by atoms with van der Waals surface area (Å²) >= 11 is 0. The number of ether oxygens (including phenoxy) is 1. The van der Waals surface area contributed by atoms with E-state index in [4.69, 9.17) is 14.1 Å². The molecule has 0 spiro atoms. The molecule has 1 aromatic heterocycles. The lowest BCUT2D eigenvalue weighted by Crippen LogP contribution is -2.41. The Bertz CT molecular complexity index is 480. The normalized spacial score (nSPS) is 17.1. The number of furan rings is 1. The quantitative estimate of drug-likeness (QED) is 0.622. The number of hydrogen-bond donors (Lipinski definition) is 0. The van der Waals surface area contributed by atoms with E-state index in [-0.39, 0.29) is 6.04 Å². The first-order valence-electron chi connectivity index (χ1n) is 7.76. The van der Waals surface area contributed by atoms with Crippen molar-refractivity contribution >= 4 is 5.96 Å². The van der Waals surface area contributed by atoms with Crippen LogP contribution < -0.4 is 0 Å². The highest BCUT2D eigenvalue weighted by molar-refractivity contribution is 5.79. The van der Waals surface area contributed by atoms with Crippen LogP contribution >= 0.6 is 0 Å². The Labute approximate surface area is 133 Å². The molecule has 0 amide bonds. The maximum absolute atomic E-state index is 5.87. The van der Waals surface area contributed by atoms with Crippen LogP contribution in [0.15, 0.2) is 21.5 Å². The van der Waals surface area contributed by atoms with Crippen LogP contribution in [0.5, 0.6) is 0 Å². The molecule has 0 N–H and O–H groups in total. The summed E-state index contributed by atoms with van der Waals surface area (Å²) < 4.78 is 11.3. The molecule has 0 radical (unpaired) electrons. The lowest BCUT2D eigenvalue weighted by Gasteiger charge is -2.33. The minimum atomic E-state index is 0.160. The van der Waals surface area contributed by atoms with Crippen LogP contribution in [0.25, 0.3) is 0 Å². The second-order valence-corrected chi connectivity index (χ2v) is 6.04. The molecular formula is C16H28N4O2. The molecule has 6 heteroatoms. The minimum absolute atomic E-state index is 0.160. The number of aryl methyl sites for hydroxylation is 1. The fourth-order valence-electron chi connectivity index (χ4n) is 2.76. The summed E-state index contributed by atoms with van der Waals surface area (Å²) in [6.07, 6.45) is 0. The van der Waals surface area contributed by atoms with Gasteiger partial charge in [-0.3, -0.25) is 9.89 Å². The maximum Gasteiger partial charge on any atom is 0.195 e. The highest BCUT2D eigenvalue weighted by Gasteiger charge is 2.25. The van der Waals surface area contributed by atoms with Crippen LogP contribution in [-0.2, 0) is 4.74 Å². The second-order valence-electron chi connectivity index (χ2n) is 6.04. The van der Waals surface area contributed by atoms with E-state index >= 15 is 0 Å². The van der Waals surface area contributed by atoms with E-state index in [0.717, 1.165) is 43.8 Å². The van der Waals surface area contributed by atoms with Crippen molar-refractivity contribution in [2.24, 2.45) is 4.99 Å². The monoisotopic (exact) mass is 308 g/mol. The summed E-state index contributed by atoms with van der Waals surface area (Å²) in [5.41, 5.74) is 0. The number of hydrogen-bond acceptors (Lipinski definition) is 4. The average molecular weight is 308 g/mol. The van der Waals surface area contributed by atoms with E-state index in [2.05, 4.69) is 11.0 Å². The SMILES string of the molecule is Cc1ccc(C(CN=C(N(C)C)N(C)C)N2CCOCC2)o1. The van der Waals surface area contributed by atoms with E-state index in [1.807, 2.05) is 51.0 Å². The number of nitrogens with zero attached hydrogens (tertiary/aromatic N) is 4. The van der Waals surface area contributed by atoms with E-state index in [0.29, 0.717) is 6.54 Å². The van der Waals surface area contributed by atoms with Crippen LogP contribution in [-0.4, -0.2) is 81.7 Å². The molecule has 1 aliphatic heterocycles. The molecule has 2 rings (SSSR count). The zero-order valence-electron chi connectivity index (χ0n) is 14.4. The first-order chi connectivity index (χ1) is 10.5. The Balaban J connectivity index is 2.18. The number of aliphatic imine (C=N–C) groups is 1. The zero-order chi connectivity index (χ0) is 16.1. The lowest BCUT2D eigenvalue weighted by atomic mass is 10.1. The molecule has 2 heterocycles. The van der Waals surface area contributed by atoms with Crippen LogP contribution in [0.4, 0.5) is 0 Å². The van der Waals surface area contributed by atoms with E-state index in [9.17, 15) is 0 Å². The number of morpholine rings is 1. The fraction of sp³-hybridized carbons (Fsp3) is 0.688. The van der Waals surface area contributed by atoms with Crippen molar-refractivity contribution in [1.82, 2.24) is 14.7 Å². The molecule has 124 valence electrons. The Kier molecular flexibility index (Phi) is 5.85. The van der Waals surface area contributed by atoms with E-state index in [1.54, 1.807) is 0 Å². The van der Waals surface area contributed by atoms with Crippen molar-refractivity contribution < 1.29 is 9.15 Å². The molecule has 6 nitrogen and oxygen atoms in total. The van der Waals surface area contributed by atoms with Gasteiger partial charge in [-0.15, -0.1) is 0 Å². The first kappa shape index (κ1) is 16.8. The summed E-state index contributed by atoms with van der Waals surface area (Å²) in [7, 11) is 8.05. The molecule has 1 saturated heterocycles. The summed E-state index contributed by atoms with van der Waals surface area (Å²) in [6, 6.07) is 4.24. The topological polar surface area (TPSA) is 44.5 Å². The molecule has 1 aromatic rings.